The van der Waals surface area contributed by atoms with E-state index in [1.54, 1.807) is 36.5 Å². The molecule has 0 saturated heterocycles. The Morgan fingerprint density at radius 1 is 1.31 bits per heavy atom. The summed E-state index contributed by atoms with van der Waals surface area (Å²) in [6.45, 7) is 2.46. The Kier molecular flexibility index (Phi) is 8.62. The van der Waals surface area contributed by atoms with Crippen LogP contribution in [0.15, 0.2) is 46.7 Å². The number of hydrogen-bond donors (Lipinski definition) is 3. The van der Waals surface area contributed by atoms with Crippen LogP contribution >= 0.6 is 23.6 Å². The number of thiocarbonyl (C=S) groups is 1. The van der Waals surface area contributed by atoms with Crippen molar-refractivity contribution in [2.24, 2.45) is 0 Å². The highest BCUT2D eigenvalue weighted by molar-refractivity contribution is 7.92. The van der Waals surface area contributed by atoms with Gasteiger partial charge < -0.3 is 15.4 Å². The SMILES string of the molecule is CCOc1ccc(CCNC(=O)/C=C/c2cccs2)cc1S(=O)(=O)NC(=S)NC. The summed E-state index contributed by atoms with van der Waals surface area (Å²) in [5, 5.41) is 7.28. The third-order valence-corrected chi connectivity index (χ3v) is 6.35. The summed E-state index contributed by atoms with van der Waals surface area (Å²) in [4.78, 5) is 12.9. The highest BCUT2D eigenvalue weighted by Gasteiger charge is 2.21. The van der Waals surface area contributed by atoms with E-state index < -0.39 is 10.0 Å². The lowest BCUT2D eigenvalue weighted by Crippen LogP contribution is -2.37. The maximum absolute atomic E-state index is 12.6. The van der Waals surface area contributed by atoms with Gasteiger partial charge in [-0.3, -0.25) is 9.52 Å². The molecule has 0 unspecified atom stereocenters. The third kappa shape index (κ3) is 7.15. The van der Waals surface area contributed by atoms with Gasteiger partial charge in [-0.15, -0.1) is 11.3 Å². The molecule has 29 heavy (non-hydrogen) atoms. The largest absolute Gasteiger partial charge is 0.492 e. The van der Waals surface area contributed by atoms with Crippen molar-refractivity contribution in [1.29, 1.82) is 0 Å². The minimum atomic E-state index is -3.90. The average Bonchev–Trinajstić information content (AvgIpc) is 3.20. The molecule has 0 bridgehead atoms. The fourth-order valence-electron chi connectivity index (χ4n) is 2.35. The highest BCUT2D eigenvalue weighted by atomic mass is 32.2. The first-order chi connectivity index (χ1) is 13.9. The molecule has 0 aliphatic heterocycles. The Bertz CT molecular complexity index is 971. The van der Waals surface area contributed by atoms with E-state index in [4.69, 9.17) is 17.0 Å². The molecule has 7 nitrogen and oxygen atoms in total. The molecule has 0 fully saturated rings. The van der Waals surface area contributed by atoms with Crippen LogP contribution in [-0.4, -0.2) is 39.6 Å². The summed E-state index contributed by atoms with van der Waals surface area (Å²) in [7, 11) is -2.37. The van der Waals surface area contributed by atoms with Gasteiger partial charge in [0.05, 0.1) is 6.61 Å². The van der Waals surface area contributed by atoms with Gasteiger partial charge >= 0.3 is 0 Å². The van der Waals surface area contributed by atoms with E-state index in [0.717, 1.165) is 10.4 Å². The third-order valence-electron chi connectivity index (χ3n) is 3.71. The fraction of sp³-hybridized carbons (Fsp3) is 0.263. The van der Waals surface area contributed by atoms with Gasteiger partial charge in [0.15, 0.2) is 5.11 Å². The summed E-state index contributed by atoms with van der Waals surface area (Å²) in [5.41, 5.74) is 0.742. The number of thiophene rings is 1. The average molecular weight is 454 g/mol. The van der Waals surface area contributed by atoms with Gasteiger partial charge in [0.2, 0.25) is 5.91 Å². The lowest BCUT2D eigenvalue weighted by Gasteiger charge is -2.14. The molecule has 156 valence electrons. The number of nitrogens with one attached hydrogen (secondary N) is 3. The van der Waals surface area contributed by atoms with E-state index in [-0.39, 0.29) is 21.7 Å². The zero-order valence-corrected chi connectivity index (χ0v) is 18.5. The molecule has 3 N–H and O–H groups in total. The van der Waals surface area contributed by atoms with Crippen molar-refractivity contribution in [1.82, 2.24) is 15.4 Å². The highest BCUT2D eigenvalue weighted by Crippen LogP contribution is 2.25. The molecule has 2 aromatic rings. The van der Waals surface area contributed by atoms with Crippen molar-refractivity contribution in [3.8, 4) is 5.75 Å². The molecule has 1 aromatic heterocycles. The second kappa shape index (κ2) is 10.9. The summed E-state index contributed by atoms with van der Waals surface area (Å²) in [6, 6.07) is 8.74. The van der Waals surface area contributed by atoms with Crippen LogP contribution in [0.4, 0.5) is 0 Å². The van der Waals surface area contributed by atoms with E-state index in [2.05, 4.69) is 15.4 Å². The molecular formula is C19H23N3O4S3. The van der Waals surface area contributed by atoms with Crippen molar-refractivity contribution in [3.63, 3.8) is 0 Å². The van der Waals surface area contributed by atoms with Crippen molar-refractivity contribution < 1.29 is 17.9 Å². The summed E-state index contributed by atoms with van der Waals surface area (Å²) in [6.07, 6.45) is 3.68. The van der Waals surface area contributed by atoms with E-state index in [0.29, 0.717) is 19.6 Å². The Hall–Kier alpha value is -2.43. The maximum atomic E-state index is 12.6. The number of hydrogen-bond acceptors (Lipinski definition) is 6. The molecule has 0 aliphatic rings. The normalized spacial score (nSPS) is 11.2. The number of benzene rings is 1. The monoisotopic (exact) mass is 453 g/mol. The van der Waals surface area contributed by atoms with Gasteiger partial charge in [-0.2, -0.15) is 0 Å². The van der Waals surface area contributed by atoms with Crippen molar-refractivity contribution in [2.75, 3.05) is 20.2 Å². The van der Waals surface area contributed by atoms with Gasteiger partial charge in [0.1, 0.15) is 10.6 Å². The van der Waals surface area contributed by atoms with Crippen LogP contribution in [-0.2, 0) is 21.2 Å². The molecule has 2 rings (SSSR count). The van der Waals surface area contributed by atoms with Crippen LogP contribution in [0.3, 0.4) is 0 Å². The van der Waals surface area contributed by atoms with Gasteiger partial charge in [0, 0.05) is 24.5 Å². The zero-order valence-electron chi connectivity index (χ0n) is 16.1. The molecule has 0 radical (unpaired) electrons. The number of rotatable bonds is 9. The Morgan fingerprint density at radius 3 is 2.76 bits per heavy atom. The van der Waals surface area contributed by atoms with Crippen LogP contribution in [0.5, 0.6) is 5.75 Å². The number of carbonyl (C=O) groups excluding carboxylic acids is 1. The van der Waals surface area contributed by atoms with Crippen molar-refractivity contribution in [2.45, 2.75) is 18.2 Å². The Balaban J connectivity index is 2.05. The first-order valence-corrected chi connectivity index (χ1v) is 11.6. The Morgan fingerprint density at radius 2 is 2.10 bits per heavy atom. The maximum Gasteiger partial charge on any atom is 0.267 e. The van der Waals surface area contributed by atoms with E-state index in [1.807, 2.05) is 17.5 Å². The molecule has 0 saturated carbocycles. The minimum Gasteiger partial charge on any atom is -0.492 e. The number of sulfonamides is 1. The predicted molar refractivity (Wildman–Crippen MR) is 120 cm³/mol. The van der Waals surface area contributed by atoms with Crippen LogP contribution in [0.25, 0.3) is 6.08 Å². The topological polar surface area (TPSA) is 96.5 Å². The van der Waals surface area contributed by atoms with Crippen LogP contribution in [0.1, 0.15) is 17.4 Å². The van der Waals surface area contributed by atoms with E-state index in [9.17, 15) is 13.2 Å². The van der Waals surface area contributed by atoms with E-state index in [1.165, 1.54) is 19.2 Å². The molecule has 1 aromatic carbocycles. The predicted octanol–water partition coefficient (Wildman–Crippen LogP) is 2.30. The minimum absolute atomic E-state index is 0.00151. The number of ether oxygens (including phenoxy) is 1. The summed E-state index contributed by atoms with van der Waals surface area (Å²) in [5.74, 6) is 0.0313. The molecule has 1 heterocycles. The second-order valence-electron chi connectivity index (χ2n) is 5.79. The number of amides is 1. The van der Waals surface area contributed by atoms with Crippen molar-refractivity contribution in [3.05, 3.63) is 52.2 Å². The van der Waals surface area contributed by atoms with Crippen LogP contribution < -0.4 is 20.1 Å². The lowest BCUT2D eigenvalue weighted by atomic mass is 10.1. The van der Waals surface area contributed by atoms with Crippen molar-refractivity contribution >= 4 is 50.7 Å². The number of carbonyl (C=O) groups is 1. The van der Waals surface area contributed by atoms with Gasteiger partial charge in [-0.1, -0.05) is 12.1 Å². The second-order valence-corrected chi connectivity index (χ2v) is 8.83. The lowest BCUT2D eigenvalue weighted by molar-refractivity contribution is -0.116. The van der Waals surface area contributed by atoms with Crippen LogP contribution in [0, 0.1) is 0 Å². The molecular weight excluding hydrogens is 430 g/mol. The standard InChI is InChI=1S/C19H23N3O4S3/c1-3-26-16-8-6-14(13-17(16)29(24,25)22-19(27)20-2)10-11-21-18(23)9-7-15-5-4-12-28-15/h4-9,12-13H,3,10-11H2,1-2H3,(H,21,23)(H2,20,22,27)/b9-7+. The smallest absolute Gasteiger partial charge is 0.267 e. The van der Waals surface area contributed by atoms with Crippen LogP contribution in [0.2, 0.25) is 0 Å². The molecule has 10 heteroatoms. The molecule has 0 aliphatic carbocycles. The quantitative estimate of drug-likeness (QED) is 0.398. The zero-order chi connectivity index (χ0) is 21.3. The summed E-state index contributed by atoms with van der Waals surface area (Å²) >= 11 is 6.45. The first-order valence-electron chi connectivity index (χ1n) is 8.85. The fourth-order valence-corrected chi connectivity index (χ4v) is 4.46. The molecule has 1 amide bonds. The Labute approximate surface area is 180 Å². The van der Waals surface area contributed by atoms with E-state index >= 15 is 0 Å². The van der Waals surface area contributed by atoms with Gasteiger partial charge in [0.25, 0.3) is 10.0 Å². The molecule has 0 spiro atoms. The molecule has 0 atom stereocenters. The summed E-state index contributed by atoms with van der Waals surface area (Å²) < 4.78 is 33.0. The van der Waals surface area contributed by atoms with Gasteiger partial charge in [-0.25, -0.2) is 8.42 Å². The van der Waals surface area contributed by atoms with Gasteiger partial charge in [-0.05, 0) is 60.8 Å². The first kappa shape index (κ1) is 22.9.